The Morgan fingerprint density at radius 2 is 2.32 bits per heavy atom. The Bertz CT molecular complexity index is 561. The van der Waals surface area contributed by atoms with Crippen molar-refractivity contribution in [3.63, 3.8) is 0 Å². The second-order valence-corrected chi connectivity index (χ2v) is 4.60. The lowest BCUT2D eigenvalue weighted by atomic mass is 10.1. The first-order valence-electron chi connectivity index (χ1n) is 5.44. The molecule has 1 aromatic carbocycles. The molecule has 0 amide bonds. The first-order valence-corrected chi connectivity index (χ1v) is 6.19. The first kappa shape index (κ1) is 13.9. The summed E-state index contributed by atoms with van der Waals surface area (Å²) in [6.07, 6.45) is -0.883. The molecule has 0 aliphatic carbocycles. The molecule has 1 aromatic rings. The van der Waals surface area contributed by atoms with E-state index < -0.39 is 17.0 Å². The number of fused-ring (bicyclic) bond motifs is 1. The minimum absolute atomic E-state index is 0.0108. The lowest BCUT2D eigenvalue weighted by Gasteiger charge is -2.09. The summed E-state index contributed by atoms with van der Waals surface area (Å²) in [6.45, 7) is 1.86. The lowest BCUT2D eigenvalue weighted by molar-refractivity contribution is -0.385. The van der Waals surface area contributed by atoms with E-state index in [0.29, 0.717) is 0 Å². The molecule has 0 aromatic heterocycles. The van der Waals surface area contributed by atoms with E-state index in [1.54, 1.807) is 6.92 Å². The minimum atomic E-state index is -0.926. The van der Waals surface area contributed by atoms with Crippen molar-refractivity contribution < 1.29 is 19.2 Å². The van der Waals surface area contributed by atoms with Gasteiger partial charge in [-0.15, -0.1) is 0 Å². The number of esters is 1. The zero-order chi connectivity index (χ0) is 14.2. The zero-order valence-corrected chi connectivity index (χ0v) is 11.3. The van der Waals surface area contributed by atoms with Crippen molar-refractivity contribution in [2.24, 2.45) is 0 Å². The molecule has 0 saturated carbocycles. The highest BCUT2D eigenvalue weighted by molar-refractivity contribution is 6.43. The molecule has 102 valence electrons. The van der Waals surface area contributed by atoms with E-state index in [1.807, 2.05) is 0 Å². The summed E-state index contributed by atoms with van der Waals surface area (Å²) in [5, 5.41) is 11.0. The van der Waals surface area contributed by atoms with Crippen molar-refractivity contribution in [1.29, 1.82) is 0 Å². The normalized spacial score (nSPS) is 16.7. The van der Waals surface area contributed by atoms with Gasteiger partial charge in [0.2, 0.25) is 0 Å². The van der Waals surface area contributed by atoms with E-state index in [1.165, 1.54) is 0 Å². The molecule has 0 spiro atoms. The van der Waals surface area contributed by atoms with Crippen LogP contribution in [0.5, 0.6) is 5.75 Å². The number of nitro groups is 1. The van der Waals surface area contributed by atoms with Gasteiger partial charge in [0, 0.05) is 12.5 Å². The van der Waals surface area contributed by atoms with Crippen LogP contribution in [0.3, 0.4) is 0 Å². The molecule has 6 nitrogen and oxygen atoms in total. The Hall–Kier alpha value is -1.53. The molecule has 0 N–H and O–H groups in total. The van der Waals surface area contributed by atoms with Crippen LogP contribution in [-0.2, 0) is 16.0 Å². The van der Waals surface area contributed by atoms with Crippen LogP contribution >= 0.6 is 23.2 Å². The van der Waals surface area contributed by atoms with Gasteiger partial charge in [-0.25, -0.2) is 4.79 Å². The van der Waals surface area contributed by atoms with Crippen LogP contribution in [0.25, 0.3) is 0 Å². The van der Waals surface area contributed by atoms with Crippen LogP contribution in [0.1, 0.15) is 12.5 Å². The monoisotopic (exact) mass is 305 g/mol. The van der Waals surface area contributed by atoms with Crippen molar-refractivity contribution in [2.75, 3.05) is 6.61 Å². The fourth-order valence-corrected chi connectivity index (χ4v) is 2.25. The quantitative estimate of drug-likeness (QED) is 0.487. The SMILES string of the molecule is CCOC(=O)C1Cc2c([N+](=O)[O-])cc(Cl)c(Cl)c2O1. The lowest BCUT2D eigenvalue weighted by Crippen LogP contribution is -2.27. The second kappa shape index (κ2) is 5.22. The highest BCUT2D eigenvalue weighted by Gasteiger charge is 2.38. The molecule has 0 bridgehead atoms. The molecule has 1 heterocycles. The van der Waals surface area contributed by atoms with Gasteiger partial charge in [-0.2, -0.15) is 0 Å². The smallest absolute Gasteiger partial charge is 0.347 e. The summed E-state index contributed by atoms with van der Waals surface area (Å²) in [7, 11) is 0. The van der Waals surface area contributed by atoms with Crippen molar-refractivity contribution in [3.8, 4) is 5.75 Å². The maximum atomic E-state index is 11.6. The molecule has 0 saturated heterocycles. The van der Waals surface area contributed by atoms with Crippen LogP contribution in [0.4, 0.5) is 5.69 Å². The number of nitro benzene ring substituents is 1. The maximum Gasteiger partial charge on any atom is 0.347 e. The molecule has 2 rings (SSSR count). The minimum Gasteiger partial charge on any atom is -0.476 e. The average molecular weight is 306 g/mol. The predicted octanol–water partition coefficient (Wildman–Crippen LogP) is 2.77. The van der Waals surface area contributed by atoms with Crippen molar-refractivity contribution in [3.05, 3.63) is 31.8 Å². The largest absolute Gasteiger partial charge is 0.476 e. The van der Waals surface area contributed by atoms with Gasteiger partial charge in [0.05, 0.1) is 22.1 Å². The summed E-state index contributed by atoms with van der Waals surface area (Å²) in [5.74, 6) is -0.501. The Balaban J connectivity index is 2.41. The van der Waals surface area contributed by atoms with Gasteiger partial charge in [0.25, 0.3) is 5.69 Å². The van der Waals surface area contributed by atoms with E-state index in [9.17, 15) is 14.9 Å². The Morgan fingerprint density at radius 3 is 2.89 bits per heavy atom. The summed E-state index contributed by atoms with van der Waals surface area (Å²) >= 11 is 11.7. The summed E-state index contributed by atoms with van der Waals surface area (Å²) in [5.41, 5.74) is 0.0497. The Labute approximate surface area is 118 Å². The van der Waals surface area contributed by atoms with Crippen LogP contribution in [-0.4, -0.2) is 23.6 Å². The first-order chi connectivity index (χ1) is 8.95. The fourth-order valence-electron chi connectivity index (χ4n) is 1.85. The van der Waals surface area contributed by atoms with Crippen LogP contribution in [0.15, 0.2) is 6.07 Å². The summed E-state index contributed by atoms with van der Waals surface area (Å²) in [4.78, 5) is 22.0. The standard InChI is InChI=1S/C11H9Cl2NO5/c1-2-18-11(15)8-3-5-7(14(16)17)4-6(12)9(13)10(5)19-8/h4,8H,2-3H2,1H3. The van der Waals surface area contributed by atoms with Crippen LogP contribution < -0.4 is 4.74 Å². The molecule has 19 heavy (non-hydrogen) atoms. The van der Waals surface area contributed by atoms with Crippen LogP contribution in [0, 0.1) is 10.1 Å². The van der Waals surface area contributed by atoms with Crippen LogP contribution in [0.2, 0.25) is 10.0 Å². The molecule has 0 radical (unpaired) electrons. The third-order valence-electron chi connectivity index (χ3n) is 2.65. The Kier molecular flexibility index (Phi) is 3.82. The number of ether oxygens (including phenoxy) is 2. The summed E-state index contributed by atoms with van der Waals surface area (Å²) in [6, 6.07) is 1.15. The van der Waals surface area contributed by atoms with E-state index in [2.05, 4.69) is 0 Å². The number of halogens is 2. The topological polar surface area (TPSA) is 78.7 Å². The fraction of sp³-hybridized carbons (Fsp3) is 0.364. The van der Waals surface area contributed by atoms with Gasteiger partial charge in [-0.3, -0.25) is 10.1 Å². The maximum absolute atomic E-state index is 11.6. The Morgan fingerprint density at radius 1 is 1.63 bits per heavy atom. The van der Waals surface area contributed by atoms with Crippen molar-refractivity contribution in [2.45, 2.75) is 19.4 Å². The molecule has 1 unspecified atom stereocenters. The molecule has 1 aliphatic rings. The molecule has 1 atom stereocenters. The van der Waals surface area contributed by atoms with Gasteiger partial charge in [0.1, 0.15) is 5.02 Å². The van der Waals surface area contributed by atoms with E-state index in [0.717, 1.165) is 6.07 Å². The number of hydrogen-bond donors (Lipinski definition) is 0. The number of hydrogen-bond acceptors (Lipinski definition) is 5. The number of nitrogens with zero attached hydrogens (tertiary/aromatic N) is 1. The highest BCUT2D eigenvalue weighted by atomic mass is 35.5. The molecule has 8 heteroatoms. The van der Waals surface area contributed by atoms with E-state index in [-0.39, 0.29) is 40.1 Å². The van der Waals surface area contributed by atoms with Gasteiger partial charge in [-0.05, 0) is 6.92 Å². The third kappa shape index (κ3) is 2.46. The molecular weight excluding hydrogens is 297 g/mol. The highest BCUT2D eigenvalue weighted by Crippen LogP contribution is 2.45. The number of rotatable bonds is 3. The van der Waals surface area contributed by atoms with Gasteiger partial charge in [-0.1, -0.05) is 23.2 Å². The second-order valence-electron chi connectivity index (χ2n) is 3.82. The molecular formula is C11H9Cl2NO5. The van der Waals surface area contributed by atoms with Crippen molar-refractivity contribution in [1.82, 2.24) is 0 Å². The van der Waals surface area contributed by atoms with Gasteiger partial charge < -0.3 is 9.47 Å². The van der Waals surface area contributed by atoms with Gasteiger partial charge >= 0.3 is 5.97 Å². The average Bonchev–Trinajstić information content (AvgIpc) is 2.79. The molecule has 0 fully saturated rings. The van der Waals surface area contributed by atoms with E-state index >= 15 is 0 Å². The molecule has 1 aliphatic heterocycles. The summed E-state index contributed by atoms with van der Waals surface area (Å²) < 4.78 is 10.1. The van der Waals surface area contributed by atoms with Crippen molar-refractivity contribution >= 4 is 34.9 Å². The number of carbonyl (C=O) groups excluding carboxylic acids is 1. The van der Waals surface area contributed by atoms with Gasteiger partial charge in [0.15, 0.2) is 11.9 Å². The number of benzene rings is 1. The number of carbonyl (C=O) groups is 1. The zero-order valence-electron chi connectivity index (χ0n) is 9.81. The third-order valence-corrected chi connectivity index (χ3v) is 3.42. The predicted molar refractivity (Wildman–Crippen MR) is 67.9 cm³/mol. The van der Waals surface area contributed by atoms with E-state index in [4.69, 9.17) is 32.7 Å².